The van der Waals surface area contributed by atoms with E-state index in [4.69, 9.17) is 17.0 Å². The summed E-state index contributed by atoms with van der Waals surface area (Å²) in [5.41, 5.74) is 0.582. The number of carbonyl (C=O) groups is 2. The lowest BCUT2D eigenvalue weighted by molar-refractivity contribution is -0.116. The summed E-state index contributed by atoms with van der Waals surface area (Å²) < 4.78 is 32.4. The molecule has 0 saturated carbocycles. The molecule has 2 heterocycles. The highest BCUT2D eigenvalue weighted by Gasteiger charge is 2.44. The Morgan fingerprint density at radius 1 is 1.07 bits per heavy atom. The lowest BCUT2D eigenvalue weighted by atomic mass is 10.1. The van der Waals surface area contributed by atoms with E-state index in [-0.39, 0.29) is 25.4 Å². The number of rotatable bonds is 3. The first kappa shape index (κ1) is 18.7. The van der Waals surface area contributed by atoms with Crippen molar-refractivity contribution in [3.63, 3.8) is 0 Å². The van der Waals surface area contributed by atoms with E-state index < -0.39 is 21.8 Å². The van der Waals surface area contributed by atoms with Crippen LogP contribution in [0.3, 0.4) is 0 Å². The van der Waals surface area contributed by atoms with E-state index in [1.165, 1.54) is 37.4 Å². The van der Waals surface area contributed by atoms with Crippen LogP contribution < -0.4 is 14.4 Å². The molecule has 28 heavy (non-hydrogen) atoms. The lowest BCUT2D eigenvalue weighted by Gasteiger charge is -2.17. The first-order valence-electron chi connectivity index (χ1n) is 7.95. The monoisotopic (exact) mass is 432 g/mol. The van der Waals surface area contributed by atoms with Crippen LogP contribution in [0.1, 0.15) is 5.56 Å². The summed E-state index contributed by atoms with van der Waals surface area (Å²) in [4.78, 5) is 25.4. The molecule has 142 valence electrons. The molecule has 7 nitrogen and oxygen atoms in total. The average Bonchev–Trinajstić information content (AvgIpc) is 3.16. The Morgan fingerprint density at radius 2 is 1.75 bits per heavy atom. The topological polar surface area (TPSA) is 92.8 Å². The van der Waals surface area contributed by atoms with Gasteiger partial charge in [0.25, 0.3) is 21.8 Å². The summed E-state index contributed by atoms with van der Waals surface area (Å²) in [5.74, 6) is -0.821. The molecule has 2 amide bonds. The third kappa shape index (κ3) is 2.81. The van der Waals surface area contributed by atoms with Gasteiger partial charge in [-0.05, 0) is 30.3 Å². The number of hydrogen-bond acceptors (Lipinski definition) is 7. The van der Waals surface area contributed by atoms with Gasteiger partial charge in [0.1, 0.15) is 10.1 Å². The van der Waals surface area contributed by atoms with E-state index in [1.54, 1.807) is 18.2 Å². The van der Waals surface area contributed by atoms with Crippen molar-refractivity contribution < 1.29 is 22.7 Å². The Hall–Kier alpha value is -2.69. The average molecular weight is 433 g/mol. The molecule has 0 spiro atoms. The number of thioether (sulfide) groups is 1. The SMILES string of the molecule is COc1ccc(S(=O)(=O)N2C(=O)/C(=C3\SC(=S)NC3=O)c3ccccc32)cc1. The number of ether oxygens (including phenoxy) is 1. The van der Waals surface area contributed by atoms with Gasteiger partial charge < -0.3 is 10.1 Å². The van der Waals surface area contributed by atoms with E-state index in [9.17, 15) is 18.0 Å². The standard InChI is InChI=1S/C18H12N2O5S3/c1-25-10-6-8-11(9-7-10)28(23,24)20-13-5-3-2-4-12(13)14(17(20)22)15-16(21)19-18(26)27-15/h2-9H,1H3,(H,19,21,26)/b15-14-. The van der Waals surface area contributed by atoms with Crippen molar-refractivity contribution in [2.24, 2.45) is 0 Å². The predicted octanol–water partition coefficient (Wildman–Crippen LogP) is 2.29. The van der Waals surface area contributed by atoms with Gasteiger partial charge in [0.05, 0.1) is 28.2 Å². The molecule has 1 saturated heterocycles. The summed E-state index contributed by atoms with van der Waals surface area (Å²) in [6.07, 6.45) is 0. The molecule has 0 aromatic heterocycles. The first-order chi connectivity index (χ1) is 13.3. The third-order valence-electron chi connectivity index (χ3n) is 4.23. The summed E-state index contributed by atoms with van der Waals surface area (Å²) in [6, 6.07) is 12.2. The van der Waals surface area contributed by atoms with Gasteiger partial charge in [-0.3, -0.25) is 9.59 Å². The summed E-state index contributed by atoms with van der Waals surface area (Å²) in [7, 11) is -2.73. The zero-order valence-corrected chi connectivity index (χ0v) is 16.8. The van der Waals surface area contributed by atoms with Crippen LogP contribution in [0.4, 0.5) is 5.69 Å². The van der Waals surface area contributed by atoms with Gasteiger partial charge >= 0.3 is 0 Å². The largest absolute Gasteiger partial charge is 0.497 e. The minimum absolute atomic E-state index is 0.0232. The van der Waals surface area contributed by atoms with Crippen molar-refractivity contribution >= 4 is 61.4 Å². The molecule has 4 rings (SSSR count). The number of thiocarbonyl (C=S) groups is 1. The molecule has 2 aromatic rings. The fourth-order valence-electron chi connectivity index (χ4n) is 2.98. The number of anilines is 1. The van der Waals surface area contributed by atoms with Gasteiger partial charge in [-0.2, -0.15) is 4.31 Å². The predicted molar refractivity (Wildman–Crippen MR) is 109 cm³/mol. The fourth-order valence-corrected chi connectivity index (χ4v) is 5.51. The maximum Gasteiger partial charge on any atom is 0.274 e. The highest BCUT2D eigenvalue weighted by Crippen LogP contribution is 2.44. The van der Waals surface area contributed by atoms with Crippen molar-refractivity contribution in [1.82, 2.24) is 5.32 Å². The number of benzene rings is 2. The molecule has 0 aliphatic carbocycles. The molecule has 1 fully saturated rings. The van der Waals surface area contributed by atoms with Crippen LogP contribution in [-0.2, 0) is 19.6 Å². The Bertz CT molecular complexity index is 1170. The maximum atomic E-state index is 13.2. The van der Waals surface area contributed by atoms with E-state index >= 15 is 0 Å². The molecule has 2 aliphatic heterocycles. The van der Waals surface area contributed by atoms with Crippen LogP contribution in [0.2, 0.25) is 0 Å². The van der Waals surface area contributed by atoms with E-state index in [0.29, 0.717) is 11.3 Å². The molecule has 1 N–H and O–H groups in total. The number of methoxy groups -OCH3 is 1. The maximum absolute atomic E-state index is 13.2. The van der Waals surface area contributed by atoms with Crippen LogP contribution in [-0.4, -0.2) is 31.7 Å². The smallest absolute Gasteiger partial charge is 0.274 e. The number of nitrogens with one attached hydrogen (secondary N) is 1. The van der Waals surface area contributed by atoms with E-state index in [0.717, 1.165) is 16.1 Å². The molecular weight excluding hydrogens is 420 g/mol. The minimum Gasteiger partial charge on any atom is -0.497 e. The number of carbonyl (C=O) groups excluding carboxylic acids is 2. The summed E-state index contributed by atoms with van der Waals surface area (Å²) in [5, 5.41) is 2.46. The highest BCUT2D eigenvalue weighted by atomic mass is 32.2. The minimum atomic E-state index is -4.20. The number of para-hydroxylation sites is 1. The Kier molecular flexibility index (Phi) is 4.48. The van der Waals surface area contributed by atoms with Crippen molar-refractivity contribution in [2.75, 3.05) is 11.4 Å². The number of nitrogens with zero attached hydrogens (tertiary/aromatic N) is 1. The summed E-state index contributed by atoms with van der Waals surface area (Å²) >= 11 is 5.93. The highest BCUT2D eigenvalue weighted by molar-refractivity contribution is 8.27. The number of hydrogen-bond donors (Lipinski definition) is 1. The van der Waals surface area contributed by atoms with Gasteiger partial charge in [-0.1, -0.05) is 42.2 Å². The zero-order chi connectivity index (χ0) is 20.1. The van der Waals surface area contributed by atoms with Crippen LogP contribution in [0.25, 0.3) is 5.57 Å². The summed E-state index contributed by atoms with van der Waals surface area (Å²) in [6.45, 7) is 0. The van der Waals surface area contributed by atoms with E-state index in [2.05, 4.69) is 5.32 Å². The fraction of sp³-hybridized carbons (Fsp3) is 0.0556. The molecule has 0 atom stereocenters. The lowest BCUT2D eigenvalue weighted by Crippen LogP contribution is -2.34. The Balaban J connectivity index is 1.89. The quantitative estimate of drug-likeness (QED) is 0.588. The van der Waals surface area contributed by atoms with Crippen molar-refractivity contribution in [2.45, 2.75) is 4.90 Å². The van der Waals surface area contributed by atoms with Crippen LogP contribution in [0, 0.1) is 0 Å². The van der Waals surface area contributed by atoms with Gasteiger partial charge in [-0.25, -0.2) is 8.42 Å². The van der Waals surface area contributed by atoms with Crippen molar-refractivity contribution in [3.05, 3.63) is 59.0 Å². The Morgan fingerprint density at radius 3 is 2.36 bits per heavy atom. The van der Waals surface area contributed by atoms with Crippen LogP contribution >= 0.6 is 24.0 Å². The van der Waals surface area contributed by atoms with Crippen LogP contribution in [0.15, 0.2) is 58.3 Å². The molecule has 0 radical (unpaired) electrons. The third-order valence-corrected chi connectivity index (χ3v) is 7.18. The zero-order valence-electron chi connectivity index (χ0n) is 14.3. The van der Waals surface area contributed by atoms with Crippen molar-refractivity contribution in [3.8, 4) is 5.75 Å². The van der Waals surface area contributed by atoms with Gasteiger partial charge in [0.15, 0.2) is 0 Å². The van der Waals surface area contributed by atoms with Crippen LogP contribution in [0.5, 0.6) is 5.75 Å². The normalized spacial score (nSPS) is 19.0. The molecular formula is C18H12N2O5S3. The molecule has 0 bridgehead atoms. The molecule has 10 heteroatoms. The van der Waals surface area contributed by atoms with Gasteiger partial charge in [-0.15, -0.1) is 0 Å². The Labute approximate surface area is 170 Å². The van der Waals surface area contributed by atoms with Crippen molar-refractivity contribution in [1.29, 1.82) is 0 Å². The number of sulfonamides is 1. The molecule has 0 unspecified atom stereocenters. The number of fused-ring (bicyclic) bond motifs is 1. The first-order valence-corrected chi connectivity index (χ1v) is 10.6. The second-order valence-electron chi connectivity index (χ2n) is 5.82. The molecule has 2 aliphatic rings. The second-order valence-corrected chi connectivity index (χ2v) is 9.29. The molecule has 2 aromatic carbocycles. The second kappa shape index (κ2) is 6.73. The van der Waals surface area contributed by atoms with Gasteiger partial charge in [0.2, 0.25) is 0 Å². The number of amides is 2. The van der Waals surface area contributed by atoms with Gasteiger partial charge in [0, 0.05) is 5.56 Å². The van der Waals surface area contributed by atoms with E-state index in [1.807, 2.05) is 0 Å².